The summed E-state index contributed by atoms with van der Waals surface area (Å²) in [6.45, 7) is 4.21. The lowest BCUT2D eigenvalue weighted by molar-refractivity contribution is 0.0142. The van der Waals surface area contributed by atoms with Gasteiger partial charge in [0.2, 0.25) is 10.0 Å². The molecule has 27 heavy (non-hydrogen) atoms. The van der Waals surface area contributed by atoms with E-state index in [4.69, 9.17) is 9.72 Å². The van der Waals surface area contributed by atoms with Crippen LogP contribution < -0.4 is 9.62 Å². The quantitative estimate of drug-likeness (QED) is 0.802. The summed E-state index contributed by atoms with van der Waals surface area (Å²) in [7, 11) is -3.17. The molecule has 4 atom stereocenters. The molecule has 4 heterocycles. The molecule has 0 radical (unpaired) electrons. The van der Waals surface area contributed by atoms with Crippen LogP contribution in [-0.2, 0) is 27.6 Å². The number of nitrogens with zero attached hydrogens (tertiary/aromatic N) is 2. The number of ether oxygens (including phenoxy) is 1. The summed E-state index contributed by atoms with van der Waals surface area (Å²) in [6.07, 6.45) is 6.43. The van der Waals surface area contributed by atoms with E-state index < -0.39 is 10.0 Å². The fraction of sp³-hybridized carbons (Fsp3) is 0.750. The van der Waals surface area contributed by atoms with Gasteiger partial charge in [-0.05, 0) is 50.2 Å². The van der Waals surface area contributed by atoms with Crippen molar-refractivity contribution in [3.05, 3.63) is 23.4 Å². The van der Waals surface area contributed by atoms with E-state index in [0.717, 1.165) is 44.6 Å². The third-order valence-corrected chi connectivity index (χ3v) is 8.59. The van der Waals surface area contributed by atoms with Crippen molar-refractivity contribution in [2.24, 2.45) is 11.8 Å². The first kappa shape index (κ1) is 17.9. The number of aryl methyl sites for hydroxylation is 2. The summed E-state index contributed by atoms with van der Waals surface area (Å²) in [5, 5.41) is 0. The molecule has 5 rings (SSSR count). The van der Waals surface area contributed by atoms with Gasteiger partial charge in [0.05, 0.1) is 17.5 Å². The van der Waals surface area contributed by atoms with Crippen LogP contribution >= 0.6 is 0 Å². The molecule has 3 fully saturated rings. The Morgan fingerprint density at radius 1 is 1.37 bits per heavy atom. The number of anilines is 1. The second kappa shape index (κ2) is 6.42. The molecule has 1 N–H and O–H groups in total. The van der Waals surface area contributed by atoms with Crippen LogP contribution in [0.1, 0.15) is 43.9 Å². The summed E-state index contributed by atoms with van der Waals surface area (Å²) in [5.74, 6) is 1.92. The van der Waals surface area contributed by atoms with Crippen LogP contribution in [0.5, 0.6) is 0 Å². The molecule has 7 heteroatoms. The highest BCUT2D eigenvalue weighted by Gasteiger charge is 2.63. The summed E-state index contributed by atoms with van der Waals surface area (Å²) < 4.78 is 33.5. The molecule has 2 bridgehead atoms. The number of fused-ring (bicyclic) bond motifs is 2. The van der Waals surface area contributed by atoms with Crippen molar-refractivity contribution in [2.75, 3.05) is 30.3 Å². The lowest BCUT2D eigenvalue weighted by atomic mass is 9.74. The van der Waals surface area contributed by atoms with Gasteiger partial charge in [-0.1, -0.05) is 13.0 Å². The van der Waals surface area contributed by atoms with Gasteiger partial charge in [-0.2, -0.15) is 0 Å². The first-order valence-electron chi connectivity index (χ1n) is 10.4. The molecule has 1 aliphatic carbocycles. The van der Waals surface area contributed by atoms with E-state index in [1.165, 1.54) is 17.7 Å². The highest BCUT2D eigenvalue weighted by Crippen LogP contribution is 2.55. The number of nitrogens with one attached hydrogen (secondary N) is 1. The van der Waals surface area contributed by atoms with Gasteiger partial charge < -0.3 is 9.64 Å². The Morgan fingerprint density at radius 2 is 2.26 bits per heavy atom. The highest BCUT2D eigenvalue weighted by atomic mass is 32.2. The minimum atomic E-state index is -3.17. The minimum absolute atomic E-state index is 0.105. The van der Waals surface area contributed by atoms with E-state index in [1.54, 1.807) is 0 Å². The van der Waals surface area contributed by atoms with Crippen LogP contribution in [0.25, 0.3) is 0 Å². The number of aromatic nitrogens is 1. The monoisotopic (exact) mass is 391 g/mol. The summed E-state index contributed by atoms with van der Waals surface area (Å²) in [4.78, 5) is 7.31. The third kappa shape index (κ3) is 2.98. The SMILES string of the molecule is CCCS(=O)(=O)NC[C@H]1[C@H]2CN(c3ccc4c(n3)CCC4)C[C@]23CC[C@H]1O3. The molecule has 0 amide bonds. The van der Waals surface area contributed by atoms with E-state index in [-0.39, 0.29) is 23.4 Å². The molecule has 3 aliphatic heterocycles. The average Bonchev–Trinajstić information content (AvgIpc) is 3.38. The molecule has 1 aromatic rings. The molecule has 0 unspecified atom stereocenters. The molecule has 3 saturated heterocycles. The van der Waals surface area contributed by atoms with E-state index in [0.29, 0.717) is 18.9 Å². The van der Waals surface area contributed by atoms with Gasteiger partial charge in [-0.15, -0.1) is 0 Å². The normalized spacial score (nSPS) is 34.3. The standard InChI is InChI=1S/C20H29N3O3S/c1-2-10-27(24,25)21-11-15-16-12-23(13-20(16)9-8-18(15)26-20)19-7-6-14-4-3-5-17(14)22-19/h6-7,15-16,18,21H,2-5,8-13H2,1H3/t15-,16+,18+,20+/m0/s1. The molecule has 6 nitrogen and oxygen atoms in total. The Kier molecular flexibility index (Phi) is 4.26. The van der Waals surface area contributed by atoms with Gasteiger partial charge in [0, 0.05) is 37.2 Å². The maximum atomic E-state index is 12.1. The molecule has 0 saturated carbocycles. The first-order valence-corrected chi connectivity index (χ1v) is 12.0. The minimum Gasteiger partial charge on any atom is -0.369 e. The smallest absolute Gasteiger partial charge is 0.211 e. The van der Waals surface area contributed by atoms with Crippen LogP contribution in [0.4, 0.5) is 5.82 Å². The first-order chi connectivity index (χ1) is 13.0. The van der Waals surface area contributed by atoms with E-state index in [9.17, 15) is 8.42 Å². The van der Waals surface area contributed by atoms with Gasteiger partial charge >= 0.3 is 0 Å². The molecule has 148 valence electrons. The van der Waals surface area contributed by atoms with Gasteiger partial charge in [-0.3, -0.25) is 0 Å². The second-order valence-electron chi connectivity index (χ2n) is 8.71. The van der Waals surface area contributed by atoms with Crippen molar-refractivity contribution in [1.82, 2.24) is 9.71 Å². The Labute approximate surface area is 161 Å². The van der Waals surface area contributed by atoms with Crippen LogP contribution in [0.3, 0.4) is 0 Å². The van der Waals surface area contributed by atoms with E-state index in [2.05, 4.69) is 21.8 Å². The van der Waals surface area contributed by atoms with Gasteiger partial charge in [0.15, 0.2) is 0 Å². The zero-order chi connectivity index (χ0) is 18.6. The van der Waals surface area contributed by atoms with E-state index >= 15 is 0 Å². The Morgan fingerprint density at radius 3 is 3.11 bits per heavy atom. The number of hydrogen-bond donors (Lipinski definition) is 1. The summed E-state index contributed by atoms with van der Waals surface area (Å²) in [6, 6.07) is 4.40. The zero-order valence-corrected chi connectivity index (χ0v) is 16.8. The summed E-state index contributed by atoms with van der Waals surface area (Å²) in [5.41, 5.74) is 2.56. The topological polar surface area (TPSA) is 71.5 Å². The van der Waals surface area contributed by atoms with Crippen molar-refractivity contribution in [3.8, 4) is 0 Å². The van der Waals surface area contributed by atoms with Crippen LogP contribution in [0.2, 0.25) is 0 Å². The van der Waals surface area contributed by atoms with Crippen molar-refractivity contribution in [1.29, 1.82) is 0 Å². The Bertz CT molecular complexity index is 843. The lowest BCUT2D eigenvalue weighted by Crippen LogP contribution is -2.42. The predicted molar refractivity (Wildman–Crippen MR) is 104 cm³/mol. The fourth-order valence-electron chi connectivity index (χ4n) is 5.79. The molecule has 4 aliphatic rings. The largest absolute Gasteiger partial charge is 0.369 e. The predicted octanol–water partition coefficient (Wildman–Crippen LogP) is 1.88. The lowest BCUT2D eigenvalue weighted by Gasteiger charge is -2.29. The number of rotatable bonds is 6. The summed E-state index contributed by atoms with van der Waals surface area (Å²) >= 11 is 0. The van der Waals surface area contributed by atoms with E-state index in [1.807, 2.05) is 6.92 Å². The maximum Gasteiger partial charge on any atom is 0.211 e. The zero-order valence-electron chi connectivity index (χ0n) is 16.0. The van der Waals surface area contributed by atoms with Gasteiger partial charge in [0.1, 0.15) is 5.82 Å². The number of pyridine rings is 1. The van der Waals surface area contributed by atoms with Crippen molar-refractivity contribution >= 4 is 15.8 Å². The molecular formula is C20H29N3O3S. The number of hydrogen-bond acceptors (Lipinski definition) is 5. The van der Waals surface area contributed by atoms with Gasteiger partial charge in [0.25, 0.3) is 0 Å². The van der Waals surface area contributed by atoms with Crippen molar-refractivity contribution in [3.63, 3.8) is 0 Å². The van der Waals surface area contributed by atoms with Crippen LogP contribution in [0, 0.1) is 11.8 Å². The van der Waals surface area contributed by atoms with Crippen LogP contribution in [0.15, 0.2) is 12.1 Å². The second-order valence-corrected chi connectivity index (χ2v) is 10.6. The van der Waals surface area contributed by atoms with Gasteiger partial charge in [-0.25, -0.2) is 18.1 Å². The molecule has 1 spiro atoms. The maximum absolute atomic E-state index is 12.1. The molecule has 1 aromatic heterocycles. The third-order valence-electron chi connectivity index (χ3n) is 7.03. The van der Waals surface area contributed by atoms with Crippen molar-refractivity contribution < 1.29 is 13.2 Å². The van der Waals surface area contributed by atoms with Crippen molar-refractivity contribution in [2.45, 2.75) is 57.2 Å². The Hall–Kier alpha value is -1.18. The Balaban J connectivity index is 1.33. The fourth-order valence-corrected chi connectivity index (χ4v) is 6.92. The molecular weight excluding hydrogens is 362 g/mol. The van der Waals surface area contributed by atoms with Crippen LogP contribution in [-0.4, -0.2) is 50.5 Å². The average molecular weight is 392 g/mol. The number of sulfonamides is 1. The highest BCUT2D eigenvalue weighted by molar-refractivity contribution is 7.89. The molecule has 0 aromatic carbocycles.